The quantitative estimate of drug-likeness (QED) is 0.290. The van der Waals surface area contributed by atoms with Crippen LogP contribution in [0.1, 0.15) is 101 Å². The van der Waals surface area contributed by atoms with E-state index in [1.165, 1.54) is 28.0 Å². The molecule has 5 atom stereocenters. The molecule has 2 saturated carbocycles. The van der Waals surface area contributed by atoms with E-state index < -0.39 is 75.4 Å². The maximum atomic E-state index is 14.5. The van der Waals surface area contributed by atoms with Gasteiger partial charge < -0.3 is 30.3 Å². The summed E-state index contributed by atoms with van der Waals surface area (Å²) in [5.41, 5.74) is -0.313. The van der Waals surface area contributed by atoms with Crippen LogP contribution in [0.2, 0.25) is 0 Å². The molecule has 60 heavy (non-hydrogen) atoms. The fourth-order valence-corrected chi connectivity index (χ4v) is 10.2. The Bertz CT molecular complexity index is 2080. The lowest BCUT2D eigenvalue weighted by Crippen LogP contribution is -2.56. The number of nitrogens with zero attached hydrogens (tertiary/aromatic N) is 2. The Labute approximate surface area is 350 Å². The standard InChI is InChI=1S/C43H55FN6O9S/c1-2-29-24-43(29)40(53)48-60(56,57)37-20-11-10-19-35(37)45-21-12-6-4-3-5-7-15-30(46-41(54)58-31-16-8-9-17-31)22-38(51)50-26-32(23-36(50)39(52)47-43)59-42(55)49-25-28-14-13-18-34(44)33(28)27-49/h2,10-11,13-14,18-20,29-32,36,45H,1,3-9,12,15-17,21-27H2,(H,46,54)(H,47,52)(H,48,53)/t29-,30?,32+,36-,43-/m0/s1. The van der Waals surface area contributed by atoms with Crippen LogP contribution in [0.3, 0.4) is 0 Å². The molecule has 1 unspecified atom stereocenters. The first-order valence-corrected chi connectivity index (χ1v) is 22.7. The second kappa shape index (κ2) is 18.6. The molecule has 3 heterocycles. The maximum absolute atomic E-state index is 14.5. The summed E-state index contributed by atoms with van der Waals surface area (Å²) in [6.45, 7) is 4.25. The van der Waals surface area contributed by atoms with Gasteiger partial charge in [-0.3, -0.25) is 19.3 Å². The normalized spacial score (nSPS) is 27.8. The Hall–Kier alpha value is -5.19. The molecule has 17 heteroatoms. The molecule has 0 bridgehead atoms. The third-order valence-corrected chi connectivity index (χ3v) is 13.8. The van der Waals surface area contributed by atoms with E-state index in [0.717, 1.165) is 57.8 Å². The molecule has 5 aliphatic rings. The zero-order chi connectivity index (χ0) is 42.4. The third-order valence-electron chi connectivity index (χ3n) is 12.4. The van der Waals surface area contributed by atoms with E-state index in [2.05, 4.69) is 27.3 Å². The summed E-state index contributed by atoms with van der Waals surface area (Å²) in [6, 6.07) is 9.05. The average Bonchev–Trinajstić information content (AvgIpc) is 3.62. The summed E-state index contributed by atoms with van der Waals surface area (Å²) in [5, 5.41) is 8.86. The fourth-order valence-electron chi connectivity index (χ4n) is 8.94. The molecule has 0 aromatic heterocycles. The molecular formula is C43H55FN6O9S. The number of anilines is 1. The number of sulfonamides is 1. The second-order valence-electron chi connectivity index (χ2n) is 16.7. The van der Waals surface area contributed by atoms with Gasteiger partial charge in [-0.2, -0.15) is 0 Å². The lowest BCUT2D eigenvalue weighted by Gasteiger charge is -2.28. The lowest BCUT2D eigenvalue weighted by atomic mass is 10.0. The Kier molecular flexibility index (Phi) is 13.3. The van der Waals surface area contributed by atoms with Crippen molar-refractivity contribution in [3.05, 3.63) is 72.1 Å². The Morgan fingerprint density at radius 3 is 2.38 bits per heavy atom. The van der Waals surface area contributed by atoms with Crippen LogP contribution in [-0.2, 0) is 47.0 Å². The van der Waals surface area contributed by atoms with Crippen molar-refractivity contribution in [2.45, 2.75) is 138 Å². The Morgan fingerprint density at radius 2 is 1.63 bits per heavy atom. The van der Waals surface area contributed by atoms with Gasteiger partial charge in [0.05, 0.1) is 18.8 Å². The van der Waals surface area contributed by atoms with Crippen LogP contribution in [-0.4, -0.2) is 91.0 Å². The number of hydrogen-bond acceptors (Lipinski definition) is 10. The zero-order valence-electron chi connectivity index (χ0n) is 33.8. The number of nitrogens with one attached hydrogen (secondary N) is 4. The summed E-state index contributed by atoms with van der Waals surface area (Å²) in [7, 11) is -4.41. The Morgan fingerprint density at radius 1 is 0.900 bits per heavy atom. The molecular weight excluding hydrogens is 796 g/mol. The number of halogens is 1. The molecule has 2 aliphatic carbocycles. The van der Waals surface area contributed by atoms with Gasteiger partial charge in [0, 0.05) is 43.5 Å². The van der Waals surface area contributed by atoms with Gasteiger partial charge in [0.2, 0.25) is 11.8 Å². The molecule has 1 saturated heterocycles. The number of hydrogen-bond donors (Lipinski definition) is 4. The number of carbonyl (C=O) groups is 5. The number of fused-ring (bicyclic) bond motifs is 3. The zero-order valence-corrected chi connectivity index (χ0v) is 34.6. The minimum atomic E-state index is -4.41. The number of rotatable bonds is 4. The highest BCUT2D eigenvalue weighted by Crippen LogP contribution is 2.45. The number of para-hydroxylation sites is 1. The van der Waals surface area contributed by atoms with Crippen molar-refractivity contribution in [2.75, 3.05) is 18.4 Å². The monoisotopic (exact) mass is 850 g/mol. The third kappa shape index (κ3) is 9.88. The summed E-state index contributed by atoms with van der Waals surface area (Å²) in [5.74, 6) is -3.24. The van der Waals surface area contributed by atoms with E-state index in [1.54, 1.807) is 30.3 Å². The van der Waals surface area contributed by atoms with Crippen LogP contribution < -0.4 is 20.7 Å². The SMILES string of the molecule is C=C[C@H]1C[C@]12NC(=O)[C@@H]1C[C@@H](OC(=O)N3Cc4cccc(F)c4C3)CN1C(=O)CC(NC(=O)OC1CCCC1)CCCCCCCCNc1ccccc1S(=O)(=O)NC2=O. The van der Waals surface area contributed by atoms with Gasteiger partial charge in [0.1, 0.15) is 34.5 Å². The van der Waals surface area contributed by atoms with Crippen molar-refractivity contribution in [3.8, 4) is 0 Å². The van der Waals surface area contributed by atoms with Crippen LogP contribution in [0.5, 0.6) is 0 Å². The van der Waals surface area contributed by atoms with Crippen LogP contribution in [0, 0.1) is 11.7 Å². The minimum absolute atomic E-state index is 0.00551. The highest BCUT2D eigenvalue weighted by Gasteiger charge is 2.61. The largest absolute Gasteiger partial charge is 0.446 e. The number of alkyl carbamates (subject to hydrolysis) is 1. The first-order valence-electron chi connectivity index (χ1n) is 21.2. The average molecular weight is 851 g/mol. The molecule has 7 rings (SSSR count). The van der Waals surface area contributed by atoms with Gasteiger partial charge in [-0.1, -0.05) is 62.4 Å². The van der Waals surface area contributed by atoms with Gasteiger partial charge in [-0.15, -0.1) is 6.58 Å². The van der Waals surface area contributed by atoms with Gasteiger partial charge in [0.15, 0.2) is 0 Å². The highest BCUT2D eigenvalue weighted by molar-refractivity contribution is 7.90. The molecule has 15 nitrogen and oxygen atoms in total. The van der Waals surface area contributed by atoms with E-state index in [-0.39, 0.29) is 49.9 Å². The number of benzene rings is 2. The molecule has 2 aromatic rings. The topological polar surface area (TPSA) is 193 Å². The number of carbonyl (C=O) groups excluding carboxylic acids is 5. The van der Waals surface area contributed by atoms with Crippen LogP contribution in [0.25, 0.3) is 0 Å². The van der Waals surface area contributed by atoms with Crippen LogP contribution >= 0.6 is 0 Å². The van der Waals surface area contributed by atoms with Crippen LogP contribution in [0.15, 0.2) is 60.0 Å². The van der Waals surface area contributed by atoms with Crippen molar-refractivity contribution in [3.63, 3.8) is 0 Å². The molecule has 0 radical (unpaired) electrons. The molecule has 1 spiro atoms. The van der Waals surface area contributed by atoms with E-state index in [4.69, 9.17) is 9.47 Å². The van der Waals surface area contributed by atoms with Crippen molar-refractivity contribution in [2.24, 2.45) is 5.92 Å². The van der Waals surface area contributed by atoms with Crippen molar-refractivity contribution < 1.29 is 46.3 Å². The van der Waals surface area contributed by atoms with Crippen molar-refractivity contribution >= 4 is 45.6 Å². The second-order valence-corrected chi connectivity index (χ2v) is 18.3. The van der Waals surface area contributed by atoms with E-state index in [0.29, 0.717) is 36.2 Å². The summed E-state index contributed by atoms with van der Waals surface area (Å²) in [4.78, 5) is 71.8. The van der Waals surface area contributed by atoms with Gasteiger partial charge in [-0.25, -0.2) is 27.1 Å². The molecule has 2 aromatic carbocycles. The summed E-state index contributed by atoms with van der Waals surface area (Å²) >= 11 is 0. The smallest absolute Gasteiger partial charge is 0.410 e. The molecule has 3 aliphatic heterocycles. The number of amides is 5. The predicted octanol–water partition coefficient (Wildman–Crippen LogP) is 5.40. The van der Waals surface area contributed by atoms with E-state index >= 15 is 0 Å². The summed E-state index contributed by atoms with van der Waals surface area (Å²) in [6.07, 6.45) is 7.79. The van der Waals surface area contributed by atoms with Crippen molar-refractivity contribution in [1.29, 1.82) is 0 Å². The number of ether oxygens (including phenoxy) is 2. The summed E-state index contributed by atoms with van der Waals surface area (Å²) < 4.78 is 55.7. The van der Waals surface area contributed by atoms with Crippen molar-refractivity contribution in [1.82, 2.24) is 25.2 Å². The first-order chi connectivity index (χ1) is 28.9. The van der Waals surface area contributed by atoms with Gasteiger partial charge in [0.25, 0.3) is 15.9 Å². The minimum Gasteiger partial charge on any atom is -0.446 e. The van der Waals surface area contributed by atoms with Gasteiger partial charge in [-0.05, 0) is 68.7 Å². The lowest BCUT2D eigenvalue weighted by molar-refractivity contribution is -0.140. The van der Waals surface area contributed by atoms with Crippen LogP contribution in [0.4, 0.5) is 19.7 Å². The molecule has 3 fully saturated rings. The molecule has 5 amide bonds. The van der Waals surface area contributed by atoms with Gasteiger partial charge >= 0.3 is 12.2 Å². The fraction of sp³-hybridized carbons (Fsp3) is 0.558. The molecule has 4 N–H and O–H groups in total. The highest BCUT2D eigenvalue weighted by atomic mass is 32.2. The Balaban J connectivity index is 1.13. The van der Waals surface area contributed by atoms with E-state index in [1.807, 2.05) is 0 Å². The predicted molar refractivity (Wildman–Crippen MR) is 218 cm³/mol. The maximum Gasteiger partial charge on any atom is 0.410 e. The van der Waals surface area contributed by atoms with E-state index in [9.17, 15) is 36.8 Å². The first kappa shape index (κ1) is 42.9. The molecule has 324 valence electrons.